The summed E-state index contributed by atoms with van der Waals surface area (Å²) in [6.45, 7) is 13.1. The molecule has 2 aliphatic rings. The van der Waals surface area contributed by atoms with Gasteiger partial charge in [-0.05, 0) is 64.5 Å². The minimum absolute atomic E-state index is 0.00478. The number of ketones is 2. The first-order valence-corrected chi connectivity index (χ1v) is 10.8. The van der Waals surface area contributed by atoms with E-state index in [1.165, 1.54) is 0 Å². The van der Waals surface area contributed by atoms with Crippen molar-refractivity contribution in [3.05, 3.63) is 29.3 Å². The van der Waals surface area contributed by atoms with Crippen molar-refractivity contribution >= 4 is 23.3 Å². The van der Waals surface area contributed by atoms with Crippen molar-refractivity contribution in [1.29, 1.82) is 0 Å². The van der Waals surface area contributed by atoms with Crippen LogP contribution in [0.5, 0.6) is 0 Å². The molecule has 0 aliphatic carbocycles. The van der Waals surface area contributed by atoms with Gasteiger partial charge >= 0.3 is 6.09 Å². The van der Waals surface area contributed by atoms with Gasteiger partial charge in [0.2, 0.25) is 0 Å². The average Bonchev–Trinajstić information content (AvgIpc) is 3.03. The summed E-state index contributed by atoms with van der Waals surface area (Å²) in [6, 6.07) is 5.30. The second-order valence-corrected chi connectivity index (χ2v) is 10.1. The van der Waals surface area contributed by atoms with Crippen LogP contribution in [0.4, 0.5) is 10.5 Å². The molecule has 1 N–H and O–H groups in total. The lowest BCUT2D eigenvalue weighted by Crippen LogP contribution is -2.50. The number of para-hydroxylation sites is 1. The lowest BCUT2D eigenvalue weighted by atomic mass is 9.72. The van der Waals surface area contributed by atoms with E-state index in [9.17, 15) is 14.4 Å². The van der Waals surface area contributed by atoms with Crippen molar-refractivity contribution in [2.45, 2.75) is 91.0 Å². The highest BCUT2D eigenvalue weighted by molar-refractivity contribution is 6.04. The maximum Gasteiger partial charge on any atom is 0.412 e. The molecule has 0 bridgehead atoms. The Balaban J connectivity index is 2.15. The number of carbonyl (C=O) groups excluding carboxylic acids is 3. The summed E-state index contributed by atoms with van der Waals surface area (Å²) in [5.74, 6) is 0.267. The van der Waals surface area contributed by atoms with Crippen molar-refractivity contribution in [2.24, 2.45) is 5.92 Å². The van der Waals surface area contributed by atoms with E-state index in [1.807, 2.05) is 59.7 Å². The zero-order valence-corrected chi connectivity index (χ0v) is 19.2. The number of aryl methyl sites for hydroxylation is 1. The van der Waals surface area contributed by atoms with Crippen molar-refractivity contribution in [3.63, 3.8) is 0 Å². The number of carbonyl (C=O) groups is 3. The molecule has 0 radical (unpaired) electrons. The Labute approximate surface area is 179 Å². The Kier molecular flexibility index (Phi) is 5.74. The molecular weight excluding hydrogens is 380 g/mol. The lowest BCUT2D eigenvalue weighted by Gasteiger charge is -2.33. The molecule has 0 spiro atoms. The van der Waals surface area contributed by atoms with Crippen molar-refractivity contribution in [1.82, 2.24) is 4.90 Å². The predicted molar refractivity (Wildman–Crippen MR) is 117 cm³/mol. The number of Topliss-reactive ketones (excluding diaryl/α,β-unsaturated/α-hetero) is 2. The summed E-state index contributed by atoms with van der Waals surface area (Å²) in [7, 11) is 0. The number of anilines is 1. The molecule has 2 heterocycles. The first-order valence-electron chi connectivity index (χ1n) is 10.8. The van der Waals surface area contributed by atoms with Crippen LogP contribution in [0.15, 0.2) is 18.2 Å². The Morgan fingerprint density at radius 3 is 2.50 bits per heavy atom. The van der Waals surface area contributed by atoms with E-state index in [4.69, 9.17) is 4.74 Å². The first kappa shape index (κ1) is 22.3. The molecule has 6 heteroatoms. The molecule has 1 saturated heterocycles. The molecular formula is C24H34N2O4. The van der Waals surface area contributed by atoms with E-state index in [0.717, 1.165) is 16.8 Å². The minimum atomic E-state index is -0.941. The van der Waals surface area contributed by atoms with Gasteiger partial charge in [-0.25, -0.2) is 4.79 Å². The minimum Gasteiger partial charge on any atom is -0.444 e. The van der Waals surface area contributed by atoms with E-state index in [0.29, 0.717) is 12.8 Å². The van der Waals surface area contributed by atoms with Crippen molar-refractivity contribution in [3.8, 4) is 0 Å². The van der Waals surface area contributed by atoms with E-state index in [-0.39, 0.29) is 23.9 Å². The lowest BCUT2D eigenvalue weighted by molar-refractivity contribution is -0.125. The van der Waals surface area contributed by atoms with Crippen LogP contribution in [0.25, 0.3) is 0 Å². The highest BCUT2D eigenvalue weighted by Crippen LogP contribution is 2.53. The van der Waals surface area contributed by atoms with Crippen LogP contribution in [0.1, 0.15) is 71.9 Å². The molecule has 1 aromatic carbocycles. The largest absolute Gasteiger partial charge is 0.444 e. The van der Waals surface area contributed by atoms with Crippen LogP contribution >= 0.6 is 0 Å². The maximum atomic E-state index is 14.0. The molecule has 1 amide bonds. The average molecular weight is 415 g/mol. The standard InChI is InChI=1S/C24H34N2O4/c1-14(2)13-18-20(28)24(12-11-16(4)27)17-10-8-9-15(3)19(17)25-21(24)26(18)22(29)30-23(5,6)7/h8-10,14,18,21,25H,11-13H2,1-7H3/t18-,21+,24-/m0/s1. The van der Waals surface area contributed by atoms with Gasteiger partial charge in [-0.1, -0.05) is 32.0 Å². The molecule has 30 heavy (non-hydrogen) atoms. The SMILES string of the molecule is CC(=O)CC[C@]12C(=O)[C@H](CC(C)C)N(C(=O)OC(C)(C)C)[C@H]1Nc1c(C)cccc12. The molecule has 1 fully saturated rings. The number of likely N-dealkylation sites (tertiary alicyclic amines) is 1. The van der Waals surface area contributed by atoms with Crippen LogP contribution in [0, 0.1) is 12.8 Å². The summed E-state index contributed by atoms with van der Waals surface area (Å²) in [6.07, 6.45) is 0.171. The second kappa shape index (κ2) is 7.71. The van der Waals surface area contributed by atoms with E-state index in [2.05, 4.69) is 5.32 Å². The fourth-order valence-electron chi connectivity index (χ4n) is 4.80. The zero-order valence-electron chi connectivity index (χ0n) is 19.2. The molecule has 0 aromatic heterocycles. The van der Waals surface area contributed by atoms with Crippen LogP contribution in [0.2, 0.25) is 0 Å². The summed E-state index contributed by atoms with van der Waals surface area (Å²) in [5, 5.41) is 3.47. The quantitative estimate of drug-likeness (QED) is 0.763. The Bertz CT molecular complexity index is 870. The fourth-order valence-corrected chi connectivity index (χ4v) is 4.80. The van der Waals surface area contributed by atoms with Gasteiger partial charge in [0.25, 0.3) is 0 Å². The summed E-state index contributed by atoms with van der Waals surface area (Å²) in [4.78, 5) is 40.8. The summed E-state index contributed by atoms with van der Waals surface area (Å²) >= 11 is 0. The molecule has 0 unspecified atom stereocenters. The molecule has 164 valence electrons. The molecule has 6 nitrogen and oxygen atoms in total. The Hall–Kier alpha value is -2.37. The van der Waals surface area contributed by atoms with Gasteiger partial charge in [0.15, 0.2) is 5.78 Å². The maximum absolute atomic E-state index is 14.0. The second-order valence-electron chi connectivity index (χ2n) is 10.1. The smallest absolute Gasteiger partial charge is 0.412 e. The third-order valence-corrected chi connectivity index (χ3v) is 6.03. The molecule has 1 aromatic rings. The number of rotatable bonds is 5. The summed E-state index contributed by atoms with van der Waals surface area (Å²) in [5.41, 5.74) is 1.17. The number of ether oxygens (including phenoxy) is 1. The number of hydrogen-bond acceptors (Lipinski definition) is 5. The molecule has 3 rings (SSSR count). The fraction of sp³-hybridized carbons (Fsp3) is 0.625. The topological polar surface area (TPSA) is 75.7 Å². The highest BCUT2D eigenvalue weighted by atomic mass is 16.6. The van der Waals surface area contributed by atoms with Gasteiger partial charge in [-0.15, -0.1) is 0 Å². The van der Waals surface area contributed by atoms with Crippen LogP contribution < -0.4 is 5.32 Å². The van der Waals surface area contributed by atoms with Crippen molar-refractivity contribution < 1.29 is 19.1 Å². The molecule has 3 atom stereocenters. The van der Waals surface area contributed by atoms with Gasteiger partial charge in [-0.2, -0.15) is 0 Å². The number of hydrogen-bond donors (Lipinski definition) is 1. The van der Waals surface area contributed by atoms with Gasteiger partial charge in [0.05, 0.1) is 11.5 Å². The number of fused-ring (bicyclic) bond motifs is 3. The van der Waals surface area contributed by atoms with Crippen LogP contribution in [-0.2, 0) is 19.7 Å². The van der Waals surface area contributed by atoms with Crippen LogP contribution in [0.3, 0.4) is 0 Å². The van der Waals surface area contributed by atoms with E-state index >= 15 is 0 Å². The number of nitrogens with one attached hydrogen (secondary N) is 1. The zero-order chi connectivity index (χ0) is 22.4. The normalized spacial score (nSPS) is 25.2. The predicted octanol–water partition coefficient (Wildman–Crippen LogP) is 4.59. The monoisotopic (exact) mass is 414 g/mol. The first-order chi connectivity index (χ1) is 13.9. The van der Waals surface area contributed by atoms with Gasteiger partial charge in [-0.3, -0.25) is 9.69 Å². The number of benzene rings is 1. The number of amides is 1. The Morgan fingerprint density at radius 2 is 1.93 bits per heavy atom. The Morgan fingerprint density at radius 1 is 1.27 bits per heavy atom. The highest BCUT2D eigenvalue weighted by Gasteiger charge is 2.65. The van der Waals surface area contributed by atoms with Crippen LogP contribution in [-0.4, -0.2) is 40.4 Å². The molecule has 0 saturated carbocycles. The van der Waals surface area contributed by atoms with E-state index in [1.54, 1.807) is 11.8 Å². The van der Waals surface area contributed by atoms with Gasteiger partial charge in [0, 0.05) is 12.1 Å². The van der Waals surface area contributed by atoms with E-state index < -0.39 is 29.3 Å². The third-order valence-electron chi connectivity index (χ3n) is 6.03. The third kappa shape index (κ3) is 3.72. The number of nitrogens with zero attached hydrogens (tertiary/aromatic N) is 1. The molecule has 2 aliphatic heterocycles. The van der Waals surface area contributed by atoms with Gasteiger partial charge in [0.1, 0.15) is 17.6 Å². The van der Waals surface area contributed by atoms with Crippen molar-refractivity contribution in [2.75, 3.05) is 5.32 Å². The van der Waals surface area contributed by atoms with Gasteiger partial charge < -0.3 is 14.8 Å². The summed E-state index contributed by atoms with van der Waals surface area (Å²) < 4.78 is 5.72.